The van der Waals surface area contributed by atoms with Crippen LogP contribution in [0.25, 0.3) is 0 Å². The first-order valence-electron chi connectivity index (χ1n) is 9.46. The number of likely N-dealkylation sites (tertiary alicyclic amines) is 1. The molecule has 0 atom stereocenters. The van der Waals surface area contributed by atoms with Gasteiger partial charge in [0.1, 0.15) is 5.60 Å². The number of piperidine rings is 1. The molecule has 2 amide bonds. The Labute approximate surface area is 157 Å². The molecule has 144 valence electrons. The Balaban J connectivity index is 2.16. The van der Waals surface area contributed by atoms with E-state index in [9.17, 15) is 9.59 Å². The fourth-order valence-corrected chi connectivity index (χ4v) is 3.27. The number of ether oxygens (including phenoxy) is 1. The third kappa shape index (κ3) is 4.99. The Bertz CT molecular complexity index is 612. The van der Waals surface area contributed by atoms with Crippen molar-refractivity contribution in [3.63, 3.8) is 0 Å². The highest BCUT2D eigenvalue weighted by atomic mass is 16.6. The minimum atomic E-state index is -0.589. The summed E-state index contributed by atoms with van der Waals surface area (Å²) >= 11 is 0. The maximum Gasteiger partial charge on any atom is 0.410 e. The van der Waals surface area contributed by atoms with E-state index >= 15 is 0 Å². The van der Waals surface area contributed by atoms with E-state index in [1.54, 1.807) is 4.90 Å². The van der Waals surface area contributed by atoms with Gasteiger partial charge in [-0.15, -0.1) is 0 Å². The minimum Gasteiger partial charge on any atom is -0.444 e. The van der Waals surface area contributed by atoms with Crippen LogP contribution in [0.2, 0.25) is 0 Å². The van der Waals surface area contributed by atoms with E-state index in [1.165, 1.54) is 0 Å². The van der Waals surface area contributed by atoms with Gasteiger partial charge < -0.3 is 15.0 Å². The minimum absolute atomic E-state index is 0.0567. The summed E-state index contributed by atoms with van der Waals surface area (Å²) in [7, 11) is 0. The van der Waals surface area contributed by atoms with Crippen molar-refractivity contribution >= 4 is 12.0 Å². The Kier molecular flexibility index (Phi) is 6.32. The molecule has 1 aromatic rings. The predicted octanol–water partition coefficient (Wildman–Crippen LogP) is 3.73. The molecule has 1 aliphatic rings. The number of rotatable bonds is 4. The van der Waals surface area contributed by atoms with Crippen molar-refractivity contribution in [2.75, 3.05) is 19.6 Å². The molecule has 1 aliphatic heterocycles. The quantitative estimate of drug-likeness (QED) is 0.890. The van der Waals surface area contributed by atoms with Gasteiger partial charge in [0.25, 0.3) is 0 Å². The number of nitrogens with one attached hydrogen (secondary N) is 1. The molecule has 2 rings (SSSR count). The lowest BCUT2D eigenvalue weighted by Crippen LogP contribution is -2.53. The van der Waals surface area contributed by atoms with Crippen LogP contribution in [-0.2, 0) is 14.9 Å². The van der Waals surface area contributed by atoms with Crippen molar-refractivity contribution in [1.29, 1.82) is 0 Å². The first-order chi connectivity index (χ1) is 12.1. The second-order valence-electron chi connectivity index (χ2n) is 8.52. The van der Waals surface area contributed by atoms with Gasteiger partial charge in [-0.25, -0.2) is 4.79 Å². The van der Waals surface area contributed by atoms with Gasteiger partial charge in [-0.2, -0.15) is 0 Å². The summed E-state index contributed by atoms with van der Waals surface area (Å²) in [5, 5.41) is 3.10. The largest absolute Gasteiger partial charge is 0.444 e. The molecule has 0 unspecified atom stereocenters. The summed E-state index contributed by atoms with van der Waals surface area (Å²) in [5.74, 6) is 0.454. The second-order valence-corrected chi connectivity index (χ2v) is 8.52. The molecule has 5 nitrogen and oxygen atoms in total. The molecule has 5 heteroatoms. The second kappa shape index (κ2) is 8.11. The van der Waals surface area contributed by atoms with Crippen LogP contribution < -0.4 is 5.32 Å². The molecule has 0 aromatic heterocycles. The zero-order valence-corrected chi connectivity index (χ0v) is 16.7. The van der Waals surface area contributed by atoms with Crippen molar-refractivity contribution in [3.8, 4) is 0 Å². The van der Waals surface area contributed by atoms with E-state index in [4.69, 9.17) is 4.74 Å². The van der Waals surface area contributed by atoms with Crippen LogP contribution in [0.3, 0.4) is 0 Å². The van der Waals surface area contributed by atoms with E-state index in [-0.39, 0.29) is 12.0 Å². The fraction of sp³-hybridized carbons (Fsp3) is 0.619. The van der Waals surface area contributed by atoms with Crippen LogP contribution in [-0.4, -0.2) is 42.1 Å². The number of benzene rings is 1. The maximum absolute atomic E-state index is 13.1. The highest BCUT2D eigenvalue weighted by Crippen LogP contribution is 2.36. The molecule has 1 aromatic carbocycles. The maximum atomic E-state index is 13.1. The van der Waals surface area contributed by atoms with Gasteiger partial charge in [0.2, 0.25) is 5.91 Å². The van der Waals surface area contributed by atoms with Gasteiger partial charge in [0.15, 0.2) is 0 Å². The van der Waals surface area contributed by atoms with Crippen molar-refractivity contribution in [1.82, 2.24) is 10.2 Å². The molecule has 0 saturated carbocycles. The molecule has 0 radical (unpaired) electrons. The standard InChI is InChI=1S/C21H32N2O3/c1-16(2)15-22-18(24)21(17-9-7-6-8-10-17)11-13-23(14-12-21)19(25)26-20(3,4)5/h6-10,16H,11-15H2,1-5H3,(H,22,24). The average molecular weight is 360 g/mol. The fourth-order valence-electron chi connectivity index (χ4n) is 3.27. The monoisotopic (exact) mass is 360 g/mol. The molecule has 1 fully saturated rings. The van der Waals surface area contributed by atoms with E-state index < -0.39 is 11.0 Å². The number of hydrogen-bond acceptors (Lipinski definition) is 3. The van der Waals surface area contributed by atoms with Crippen LogP contribution in [0, 0.1) is 5.92 Å². The van der Waals surface area contributed by atoms with Crippen molar-refractivity contribution < 1.29 is 14.3 Å². The van der Waals surface area contributed by atoms with Crippen LogP contribution in [0.1, 0.15) is 53.0 Å². The summed E-state index contributed by atoms with van der Waals surface area (Å²) in [6.07, 6.45) is 0.891. The number of carbonyl (C=O) groups excluding carboxylic acids is 2. The highest BCUT2D eigenvalue weighted by Gasteiger charge is 2.44. The van der Waals surface area contributed by atoms with Crippen molar-refractivity contribution in [2.45, 2.75) is 58.5 Å². The molecule has 1 heterocycles. The van der Waals surface area contributed by atoms with Crippen LogP contribution in [0.15, 0.2) is 30.3 Å². The number of nitrogens with zero attached hydrogens (tertiary/aromatic N) is 1. The highest BCUT2D eigenvalue weighted by molar-refractivity contribution is 5.88. The molecular formula is C21H32N2O3. The lowest BCUT2D eigenvalue weighted by atomic mass is 9.72. The van der Waals surface area contributed by atoms with Crippen LogP contribution >= 0.6 is 0 Å². The van der Waals surface area contributed by atoms with Crippen molar-refractivity contribution in [3.05, 3.63) is 35.9 Å². The van der Waals surface area contributed by atoms with Gasteiger partial charge in [0, 0.05) is 19.6 Å². The smallest absolute Gasteiger partial charge is 0.410 e. The number of carbonyl (C=O) groups is 2. The lowest BCUT2D eigenvalue weighted by molar-refractivity contribution is -0.128. The van der Waals surface area contributed by atoms with E-state index in [2.05, 4.69) is 19.2 Å². The normalized spacial score (nSPS) is 17.1. The van der Waals surface area contributed by atoms with Crippen LogP contribution in [0.5, 0.6) is 0 Å². The first-order valence-corrected chi connectivity index (χ1v) is 9.46. The molecule has 0 spiro atoms. The molecule has 26 heavy (non-hydrogen) atoms. The van der Waals surface area contributed by atoms with Gasteiger partial charge in [-0.1, -0.05) is 44.2 Å². The number of amides is 2. The summed E-state index contributed by atoms with van der Waals surface area (Å²) < 4.78 is 5.48. The summed E-state index contributed by atoms with van der Waals surface area (Å²) in [5.41, 5.74) is -0.0842. The predicted molar refractivity (Wildman–Crippen MR) is 103 cm³/mol. The zero-order chi connectivity index (χ0) is 19.4. The molecular weight excluding hydrogens is 328 g/mol. The van der Waals surface area contributed by atoms with Crippen molar-refractivity contribution in [2.24, 2.45) is 5.92 Å². The van der Waals surface area contributed by atoms with Gasteiger partial charge in [-0.05, 0) is 45.1 Å². The van der Waals surface area contributed by atoms with E-state index in [0.717, 1.165) is 5.56 Å². The lowest BCUT2D eigenvalue weighted by Gasteiger charge is -2.41. The number of hydrogen-bond donors (Lipinski definition) is 1. The van der Waals surface area contributed by atoms with Gasteiger partial charge in [-0.3, -0.25) is 4.79 Å². The Hall–Kier alpha value is -2.04. The average Bonchev–Trinajstić information content (AvgIpc) is 2.59. The third-order valence-corrected chi connectivity index (χ3v) is 4.70. The Morgan fingerprint density at radius 2 is 1.73 bits per heavy atom. The Morgan fingerprint density at radius 1 is 1.15 bits per heavy atom. The summed E-state index contributed by atoms with van der Waals surface area (Å²) in [6, 6.07) is 9.91. The zero-order valence-electron chi connectivity index (χ0n) is 16.7. The summed E-state index contributed by atoms with van der Waals surface area (Å²) in [4.78, 5) is 27.1. The Morgan fingerprint density at radius 3 is 2.23 bits per heavy atom. The molecule has 0 bridgehead atoms. The topological polar surface area (TPSA) is 58.6 Å². The van der Waals surface area contributed by atoms with E-state index in [1.807, 2.05) is 51.1 Å². The van der Waals surface area contributed by atoms with Gasteiger partial charge >= 0.3 is 6.09 Å². The molecule has 1 N–H and O–H groups in total. The van der Waals surface area contributed by atoms with Crippen LogP contribution in [0.4, 0.5) is 4.79 Å². The van der Waals surface area contributed by atoms with Gasteiger partial charge in [0.05, 0.1) is 5.41 Å². The third-order valence-electron chi connectivity index (χ3n) is 4.70. The molecule has 0 aliphatic carbocycles. The SMILES string of the molecule is CC(C)CNC(=O)C1(c2ccccc2)CCN(C(=O)OC(C)(C)C)CC1. The molecule has 1 saturated heterocycles. The summed E-state index contributed by atoms with van der Waals surface area (Å²) in [6.45, 7) is 11.4. The first kappa shape index (κ1) is 20.3. The van der Waals surface area contributed by atoms with E-state index in [0.29, 0.717) is 38.4 Å².